The molecule has 94 valence electrons. The van der Waals surface area contributed by atoms with E-state index in [9.17, 15) is 4.79 Å². The number of anilines is 1. The van der Waals surface area contributed by atoms with Gasteiger partial charge in [-0.3, -0.25) is 4.79 Å². The Balaban J connectivity index is 2.33. The van der Waals surface area contributed by atoms with Gasteiger partial charge in [-0.05, 0) is 30.3 Å². The van der Waals surface area contributed by atoms with Gasteiger partial charge in [0.1, 0.15) is 5.03 Å². The monoisotopic (exact) mass is 262 g/mol. The van der Waals surface area contributed by atoms with Gasteiger partial charge < -0.3 is 10.3 Å². The number of hydrogen-bond acceptors (Lipinski definition) is 5. The van der Waals surface area contributed by atoms with Crippen molar-refractivity contribution in [3.8, 4) is 0 Å². The van der Waals surface area contributed by atoms with Crippen LogP contribution in [-0.2, 0) is 6.54 Å². The van der Waals surface area contributed by atoms with E-state index < -0.39 is 0 Å². The van der Waals surface area contributed by atoms with Crippen LogP contribution in [0.5, 0.6) is 0 Å². The van der Waals surface area contributed by atoms with Crippen LogP contribution >= 0.6 is 11.8 Å². The third kappa shape index (κ3) is 2.70. The largest absolute Gasteiger partial charge is 0.397 e. The van der Waals surface area contributed by atoms with Gasteiger partial charge in [0, 0.05) is 25.1 Å². The summed E-state index contributed by atoms with van der Waals surface area (Å²) in [5.74, 6) is 0. The van der Waals surface area contributed by atoms with Gasteiger partial charge in [-0.1, -0.05) is 6.92 Å². The number of pyridine rings is 1. The summed E-state index contributed by atoms with van der Waals surface area (Å²) in [5, 5.41) is 1.01. The van der Waals surface area contributed by atoms with E-state index in [1.54, 1.807) is 35.3 Å². The molecule has 0 aliphatic carbocycles. The second kappa shape index (κ2) is 5.68. The molecule has 2 N–H and O–H groups in total. The van der Waals surface area contributed by atoms with Gasteiger partial charge in [0.05, 0.1) is 5.69 Å². The quantitative estimate of drug-likeness (QED) is 0.909. The molecular formula is C12H14N4OS. The van der Waals surface area contributed by atoms with Crippen molar-refractivity contribution >= 4 is 17.4 Å². The maximum atomic E-state index is 12.1. The first-order valence-corrected chi connectivity index (χ1v) is 6.47. The van der Waals surface area contributed by atoms with Gasteiger partial charge in [0.15, 0.2) is 5.03 Å². The van der Waals surface area contributed by atoms with Crippen LogP contribution in [0.4, 0.5) is 5.69 Å². The Kier molecular flexibility index (Phi) is 3.99. The van der Waals surface area contributed by atoms with E-state index in [2.05, 4.69) is 9.97 Å². The predicted octanol–water partition coefficient (Wildman–Crippen LogP) is 1.78. The van der Waals surface area contributed by atoms with Gasteiger partial charge in [-0.2, -0.15) is 0 Å². The topological polar surface area (TPSA) is 73.8 Å². The van der Waals surface area contributed by atoms with Gasteiger partial charge >= 0.3 is 0 Å². The predicted molar refractivity (Wildman–Crippen MR) is 71.6 cm³/mol. The van der Waals surface area contributed by atoms with Crippen molar-refractivity contribution in [3.05, 3.63) is 41.1 Å². The Morgan fingerprint density at radius 3 is 2.83 bits per heavy atom. The minimum atomic E-state index is -0.102. The normalized spacial score (nSPS) is 10.5. The van der Waals surface area contributed by atoms with Crippen LogP contribution in [0.25, 0.3) is 0 Å². The highest BCUT2D eigenvalue weighted by Crippen LogP contribution is 2.25. The molecule has 6 heteroatoms. The fourth-order valence-electron chi connectivity index (χ4n) is 1.49. The molecule has 5 nitrogen and oxygen atoms in total. The zero-order valence-corrected chi connectivity index (χ0v) is 10.9. The number of hydrogen-bond donors (Lipinski definition) is 1. The molecule has 2 aromatic rings. The van der Waals surface area contributed by atoms with E-state index in [0.717, 1.165) is 6.42 Å². The molecular weight excluding hydrogens is 248 g/mol. The summed E-state index contributed by atoms with van der Waals surface area (Å²) in [6.45, 7) is 2.71. The zero-order valence-electron chi connectivity index (χ0n) is 10.0. The zero-order chi connectivity index (χ0) is 13.0. The second-order valence-corrected chi connectivity index (χ2v) is 4.71. The van der Waals surface area contributed by atoms with Crippen molar-refractivity contribution in [2.24, 2.45) is 0 Å². The minimum absolute atomic E-state index is 0.102. The SMILES string of the molecule is CCCn1ccnc(Sc2ncccc2N)c1=O. The number of nitrogens with two attached hydrogens (primary N) is 1. The molecule has 0 spiro atoms. The van der Waals surface area contributed by atoms with Crippen LogP contribution in [0, 0.1) is 0 Å². The Morgan fingerprint density at radius 2 is 2.11 bits per heavy atom. The number of nitrogens with zero attached hydrogens (tertiary/aromatic N) is 3. The van der Waals surface area contributed by atoms with E-state index in [1.165, 1.54) is 11.8 Å². The molecule has 2 aromatic heterocycles. The Bertz CT molecular complexity index is 597. The summed E-state index contributed by atoms with van der Waals surface area (Å²) in [5.41, 5.74) is 6.24. The van der Waals surface area contributed by atoms with Gasteiger partial charge in [-0.25, -0.2) is 9.97 Å². The molecule has 0 aromatic carbocycles. The molecule has 0 bridgehead atoms. The van der Waals surface area contributed by atoms with E-state index >= 15 is 0 Å². The Hall–Kier alpha value is -1.82. The standard InChI is InChI=1S/C12H14N4OS/c1-2-7-16-8-6-15-11(12(16)17)18-10-9(13)4-3-5-14-10/h3-6,8H,2,7,13H2,1H3. The minimum Gasteiger partial charge on any atom is -0.397 e. The van der Waals surface area contributed by atoms with Crippen molar-refractivity contribution in [3.63, 3.8) is 0 Å². The third-order valence-corrected chi connectivity index (χ3v) is 3.35. The molecule has 0 radical (unpaired) electrons. The fourth-order valence-corrected chi connectivity index (χ4v) is 2.30. The Morgan fingerprint density at radius 1 is 1.33 bits per heavy atom. The van der Waals surface area contributed by atoms with Gasteiger partial charge in [0.25, 0.3) is 5.56 Å². The number of rotatable bonds is 4. The van der Waals surface area contributed by atoms with Crippen LogP contribution < -0.4 is 11.3 Å². The van der Waals surface area contributed by atoms with E-state index in [-0.39, 0.29) is 5.56 Å². The Labute approximate surface area is 109 Å². The van der Waals surface area contributed by atoms with E-state index in [1.807, 2.05) is 6.92 Å². The number of aryl methyl sites for hydroxylation is 1. The molecule has 2 heterocycles. The summed E-state index contributed by atoms with van der Waals surface area (Å²) in [4.78, 5) is 20.3. The molecule has 18 heavy (non-hydrogen) atoms. The highest BCUT2D eigenvalue weighted by molar-refractivity contribution is 7.99. The highest BCUT2D eigenvalue weighted by atomic mass is 32.2. The van der Waals surface area contributed by atoms with Crippen molar-refractivity contribution in [1.29, 1.82) is 0 Å². The van der Waals surface area contributed by atoms with Gasteiger partial charge in [0.2, 0.25) is 0 Å². The fraction of sp³-hybridized carbons (Fsp3) is 0.250. The molecule has 0 aliphatic heterocycles. The first-order chi connectivity index (χ1) is 8.72. The molecule has 2 rings (SSSR count). The van der Waals surface area contributed by atoms with Gasteiger partial charge in [-0.15, -0.1) is 0 Å². The van der Waals surface area contributed by atoms with Crippen LogP contribution in [0.2, 0.25) is 0 Å². The van der Waals surface area contributed by atoms with E-state index in [4.69, 9.17) is 5.73 Å². The summed E-state index contributed by atoms with van der Waals surface area (Å²) in [6, 6.07) is 3.51. The first kappa shape index (κ1) is 12.6. The maximum Gasteiger partial charge on any atom is 0.283 e. The molecule has 0 saturated carbocycles. The molecule has 0 amide bonds. The summed E-state index contributed by atoms with van der Waals surface area (Å²) in [6.07, 6.45) is 5.86. The van der Waals surface area contributed by atoms with Crippen LogP contribution in [-0.4, -0.2) is 14.5 Å². The van der Waals surface area contributed by atoms with Crippen LogP contribution in [0.1, 0.15) is 13.3 Å². The van der Waals surface area contributed by atoms with Crippen LogP contribution in [0.3, 0.4) is 0 Å². The maximum absolute atomic E-state index is 12.1. The lowest BCUT2D eigenvalue weighted by atomic mass is 10.4. The molecule has 0 unspecified atom stereocenters. The van der Waals surface area contributed by atoms with Crippen molar-refractivity contribution in [2.75, 3.05) is 5.73 Å². The lowest BCUT2D eigenvalue weighted by Crippen LogP contribution is -2.21. The van der Waals surface area contributed by atoms with Crippen molar-refractivity contribution < 1.29 is 0 Å². The second-order valence-electron chi connectivity index (χ2n) is 3.73. The highest BCUT2D eigenvalue weighted by Gasteiger charge is 2.09. The lowest BCUT2D eigenvalue weighted by molar-refractivity contribution is 0.632. The number of aromatic nitrogens is 3. The summed E-state index contributed by atoms with van der Waals surface area (Å²) < 4.78 is 1.65. The number of nitrogen functional groups attached to an aromatic ring is 1. The molecule has 0 atom stereocenters. The summed E-state index contributed by atoms with van der Waals surface area (Å²) >= 11 is 1.20. The lowest BCUT2D eigenvalue weighted by Gasteiger charge is -2.06. The van der Waals surface area contributed by atoms with Crippen molar-refractivity contribution in [2.45, 2.75) is 29.9 Å². The average molecular weight is 262 g/mol. The van der Waals surface area contributed by atoms with E-state index in [0.29, 0.717) is 22.3 Å². The van der Waals surface area contributed by atoms with Crippen LogP contribution in [0.15, 0.2) is 45.6 Å². The molecule has 0 aliphatic rings. The summed E-state index contributed by atoms with van der Waals surface area (Å²) in [7, 11) is 0. The third-order valence-electron chi connectivity index (χ3n) is 2.34. The molecule has 0 saturated heterocycles. The smallest absolute Gasteiger partial charge is 0.283 e. The average Bonchev–Trinajstić information content (AvgIpc) is 2.37. The first-order valence-electron chi connectivity index (χ1n) is 5.66. The molecule has 0 fully saturated rings. The van der Waals surface area contributed by atoms with Crippen molar-refractivity contribution in [1.82, 2.24) is 14.5 Å².